The van der Waals surface area contributed by atoms with Gasteiger partial charge in [-0.15, -0.1) is 0 Å². The van der Waals surface area contributed by atoms with Crippen molar-refractivity contribution >= 4 is 23.5 Å². The number of rotatable bonds is 8. The van der Waals surface area contributed by atoms with Gasteiger partial charge in [0.1, 0.15) is 6.54 Å². The van der Waals surface area contributed by atoms with Gasteiger partial charge in [0.15, 0.2) is 0 Å². The predicted octanol–water partition coefficient (Wildman–Crippen LogP) is 2.13. The maximum absolute atomic E-state index is 12.0. The van der Waals surface area contributed by atoms with Gasteiger partial charge in [0.2, 0.25) is 11.8 Å². The minimum absolute atomic E-state index is 0.0773. The molecule has 0 aliphatic heterocycles. The molecule has 6 heteroatoms. The minimum Gasteiger partial charge on any atom is -0.465 e. The summed E-state index contributed by atoms with van der Waals surface area (Å²) < 4.78 is 4.67. The molecule has 1 aromatic carbocycles. The highest BCUT2D eigenvalue weighted by molar-refractivity contribution is 5.99. The maximum atomic E-state index is 12.0. The number of nitrogens with one attached hydrogen (secondary N) is 1. The quantitative estimate of drug-likeness (QED) is 0.588. The molecular weight excluding hydrogens is 296 g/mol. The summed E-state index contributed by atoms with van der Waals surface area (Å²) >= 11 is 0. The van der Waals surface area contributed by atoms with Crippen LogP contribution in [0.15, 0.2) is 24.3 Å². The van der Waals surface area contributed by atoms with Crippen LogP contribution in [-0.4, -0.2) is 38.0 Å². The Kier molecular flexibility index (Phi) is 7.80. The number of carbonyl (C=O) groups is 3. The molecule has 6 nitrogen and oxygen atoms in total. The van der Waals surface area contributed by atoms with Gasteiger partial charge in [-0.25, -0.2) is 4.79 Å². The van der Waals surface area contributed by atoms with E-state index in [1.54, 1.807) is 18.2 Å². The van der Waals surface area contributed by atoms with Gasteiger partial charge < -0.3 is 15.0 Å². The molecule has 0 saturated heterocycles. The molecule has 0 bridgehead atoms. The number of hydrogen-bond acceptors (Lipinski definition) is 4. The number of carbonyl (C=O) groups excluding carboxylic acids is 3. The van der Waals surface area contributed by atoms with Crippen molar-refractivity contribution in [3.63, 3.8) is 0 Å². The first kappa shape index (κ1) is 18.7. The molecule has 126 valence electrons. The summed E-state index contributed by atoms with van der Waals surface area (Å²) in [5, 5.41) is 2.80. The van der Waals surface area contributed by atoms with Gasteiger partial charge in [0.05, 0.1) is 12.7 Å². The van der Waals surface area contributed by atoms with Crippen molar-refractivity contribution in [3.8, 4) is 0 Å². The number of anilines is 1. The first-order valence-electron chi connectivity index (χ1n) is 7.72. The molecule has 0 aliphatic rings. The molecule has 0 unspecified atom stereocenters. The second-order valence-electron chi connectivity index (χ2n) is 5.20. The second-order valence-corrected chi connectivity index (χ2v) is 5.20. The fraction of sp³-hybridized carbons (Fsp3) is 0.471. The molecule has 0 spiro atoms. The number of hydrogen-bond donors (Lipinski definition) is 1. The summed E-state index contributed by atoms with van der Waals surface area (Å²) in [5.41, 5.74) is 0.823. The Hall–Kier alpha value is -2.37. The smallest absolute Gasteiger partial charge is 0.337 e. The lowest BCUT2D eigenvalue weighted by Gasteiger charge is -2.21. The molecule has 0 saturated carbocycles. The molecule has 1 rings (SSSR count). The zero-order valence-electron chi connectivity index (χ0n) is 13.9. The zero-order valence-corrected chi connectivity index (χ0v) is 13.9. The van der Waals surface area contributed by atoms with Crippen LogP contribution in [0.2, 0.25) is 0 Å². The number of nitrogens with zero attached hydrogens (tertiary/aromatic N) is 1. The fourth-order valence-electron chi connectivity index (χ4n) is 2.11. The summed E-state index contributed by atoms with van der Waals surface area (Å²) in [4.78, 5) is 36.7. The lowest BCUT2D eigenvalue weighted by atomic mass is 10.2. The van der Waals surface area contributed by atoms with E-state index in [4.69, 9.17) is 0 Å². The Bertz CT molecular complexity index is 557. The van der Waals surface area contributed by atoms with Gasteiger partial charge in [-0.2, -0.15) is 0 Å². The highest BCUT2D eigenvalue weighted by atomic mass is 16.5. The molecule has 0 fully saturated rings. The summed E-state index contributed by atoms with van der Waals surface area (Å²) in [5.74, 6) is -0.977. The minimum atomic E-state index is -0.487. The van der Waals surface area contributed by atoms with E-state index in [0.29, 0.717) is 17.8 Å². The van der Waals surface area contributed by atoms with E-state index >= 15 is 0 Å². The Morgan fingerprint density at radius 2 is 1.96 bits per heavy atom. The normalized spacial score (nSPS) is 10.0. The molecular formula is C17H24N2O4. The third-order valence-corrected chi connectivity index (χ3v) is 3.36. The Morgan fingerprint density at radius 1 is 1.22 bits per heavy atom. The van der Waals surface area contributed by atoms with Gasteiger partial charge in [-0.1, -0.05) is 25.8 Å². The summed E-state index contributed by atoms with van der Waals surface area (Å²) in [6.07, 6.45) is 3.05. The van der Waals surface area contributed by atoms with Crippen LogP contribution in [0.1, 0.15) is 43.5 Å². The van der Waals surface area contributed by atoms with Crippen molar-refractivity contribution in [2.45, 2.75) is 33.1 Å². The second kappa shape index (κ2) is 9.61. The van der Waals surface area contributed by atoms with Crippen molar-refractivity contribution in [1.29, 1.82) is 0 Å². The number of benzene rings is 1. The molecule has 0 atom stereocenters. The average Bonchev–Trinajstić information content (AvgIpc) is 2.55. The van der Waals surface area contributed by atoms with E-state index in [2.05, 4.69) is 17.0 Å². The number of amides is 2. The van der Waals surface area contributed by atoms with Gasteiger partial charge in [-0.3, -0.25) is 9.59 Å². The van der Waals surface area contributed by atoms with Crippen molar-refractivity contribution in [2.75, 3.05) is 25.1 Å². The van der Waals surface area contributed by atoms with E-state index in [0.717, 1.165) is 19.3 Å². The SMILES string of the molecule is CCCCCNC(=O)CN(C(C)=O)c1cccc(C(=O)OC)c1. The number of esters is 1. The van der Waals surface area contributed by atoms with E-state index in [9.17, 15) is 14.4 Å². The molecule has 1 N–H and O–H groups in total. The van der Waals surface area contributed by atoms with Crippen LogP contribution in [0.25, 0.3) is 0 Å². The lowest BCUT2D eigenvalue weighted by molar-refractivity contribution is -0.123. The van der Waals surface area contributed by atoms with Crippen LogP contribution in [0.4, 0.5) is 5.69 Å². The molecule has 23 heavy (non-hydrogen) atoms. The largest absolute Gasteiger partial charge is 0.465 e. The summed E-state index contributed by atoms with van der Waals surface area (Å²) in [6.45, 7) is 4.00. The number of ether oxygens (including phenoxy) is 1. The van der Waals surface area contributed by atoms with Gasteiger partial charge in [0, 0.05) is 19.2 Å². The van der Waals surface area contributed by atoms with Gasteiger partial charge in [0.25, 0.3) is 0 Å². The molecule has 0 aliphatic carbocycles. The fourth-order valence-corrected chi connectivity index (χ4v) is 2.11. The Morgan fingerprint density at radius 3 is 2.57 bits per heavy atom. The van der Waals surface area contributed by atoms with Gasteiger partial charge >= 0.3 is 5.97 Å². The third kappa shape index (κ3) is 6.10. The Labute approximate surface area is 136 Å². The van der Waals surface area contributed by atoms with Crippen molar-refractivity contribution in [1.82, 2.24) is 5.32 Å². The highest BCUT2D eigenvalue weighted by Gasteiger charge is 2.17. The molecule has 0 aromatic heterocycles. The van der Waals surface area contributed by atoms with Crippen LogP contribution in [0.5, 0.6) is 0 Å². The van der Waals surface area contributed by atoms with Crippen LogP contribution in [0.3, 0.4) is 0 Å². The average molecular weight is 320 g/mol. The van der Waals surface area contributed by atoms with Gasteiger partial charge in [-0.05, 0) is 24.6 Å². The Balaban J connectivity index is 2.77. The molecule has 0 radical (unpaired) electrons. The maximum Gasteiger partial charge on any atom is 0.337 e. The van der Waals surface area contributed by atoms with Crippen LogP contribution in [-0.2, 0) is 14.3 Å². The monoisotopic (exact) mass is 320 g/mol. The summed E-state index contributed by atoms with van der Waals surface area (Å²) in [7, 11) is 1.29. The van der Waals surface area contributed by atoms with Crippen molar-refractivity contribution in [2.24, 2.45) is 0 Å². The first-order chi connectivity index (χ1) is 11.0. The van der Waals surface area contributed by atoms with E-state index in [-0.39, 0.29) is 18.4 Å². The first-order valence-corrected chi connectivity index (χ1v) is 7.72. The topological polar surface area (TPSA) is 75.7 Å². The van der Waals surface area contributed by atoms with E-state index in [1.807, 2.05) is 0 Å². The molecule has 2 amide bonds. The number of methoxy groups -OCH3 is 1. The lowest BCUT2D eigenvalue weighted by Crippen LogP contribution is -2.40. The highest BCUT2D eigenvalue weighted by Crippen LogP contribution is 2.17. The van der Waals surface area contributed by atoms with Crippen molar-refractivity contribution < 1.29 is 19.1 Å². The standard InChI is InChI=1S/C17H24N2O4/c1-4-5-6-10-18-16(21)12-19(13(2)20)15-9-7-8-14(11-15)17(22)23-3/h7-9,11H,4-6,10,12H2,1-3H3,(H,18,21). The van der Waals surface area contributed by atoms with E-state index < -0.39 is 5.97 Å². The molecule has 1 aromatic rings. The summed E-state index contributed by atoms with van der Waals surface area (Å²) in [6, 6.07) is 6.46. The van der Waals surface area contributed by atoms with E-state index in [1.165, 1.54) is 25.0 Å². The van der Waals surface area contributed by atoms with Crippen molar-refractivity contribution in [3.05, 3.63) is 29.8 Å². The molecule has 0 heterocycles. The zero-order chi connectivity index (χ0) is 17.2. The predicted molar refractivity (Wildman–Crippen MR) is 88.3 cm³/mol. The van der Waals surface area contributed by atoms with Crippen LogP contribution < -0.4 is 10.2 Å². The number of unbranched alkanes of at least 4 members (excludes halogenated alkanes) is 2. The van der Waals surface area contributed by atoms with Crippen LogP contribution in [0, 0.1) is 0 Å². The van der Waals surface area contributed by atoms with Crippen LogP contribution >= 0.6 is 0 Å². The third-order valence-electron chi connectivity index (χ3n) is 3.36.